The van der Waals surface area contributed by atoms with E-state index in [2.05, 4.69) is 12.6 Å². The molecule has 0 saturated heterocycles. The van der Waals surface area contributed by atoms with Gasteiger partial charge in [-0.05, 0) is 24.6 Å². The molecule has 0 radical (unpaired) electrons. The van der Waals surface area contributed by atoms with E-state index in [4.69, 9.17) is 4.74 Å². The number of rotatable bonds is 1. The molecule has 0 fully saturated rings. The zero-order chi connectivity index (χ0) is 8.43. The topological polar surface area (TPSA) is 9.23 Å². The van der Waals surface area contributed by atoms with E-state index in [0.717, 1.165) is 5.56 Å². The third-order valence-electron chi connectivity index (χ3n) is 1.39. The van der Waals surface area contributed by atoms with Gasteiger partial charge in [0.15, 0.2) is 0 Å². The van der Waals surface area contributed by atoms with Crippen LogP contribution in [0.15, 0.2) is 17.0 Å². The van der Waals surface area contributed by atoms with Crippen molar-refractivity contribution in [2.75, 3.05) is 7.11 Å². The van der Waals surface area contributed by atoms with Crippen molar-refractivity contribution < 1.29 is 9.13 Å². The lowest BCUT2D eigenvalue weighted by Gasteiger charge is -2.04. The summed E-state index contributed by atoms with van der Waals surface area (Å²) in [6.07, 6.45) is 0. The zero-order valence-corrected chi connectivity index (χ0v) is 7.28. The lowest BCUT2D eigenvalue weighted by Crippen LogP contribution is -1.89. The molecule has 0 spiro atoms. The van der Waals surface area contributed by atoms with Crippen molar-refractivity contribution in [1.29, 1.82) is 0 Å². The summed E-state index contributed by atoms with van der Waals surface area (Å²) in [6.45, 7) is 1.80. The Morgan fingerprint density at radius 1 is 1.45 bits per heavy atom. The number of halogens is 1. The van der Waals surface area contributed by atoms with Crippen LogP contribution in [0.25, 0.3) is 0 Å². The summed E-state index contributed by atoms with van der Waals surface area (Å²) in [5.41, 5.74) is 0.831. The molecule has 0 amide bonds. The molecule has 1 aromatic rings. The molecular formula is C8H9FOS. The lowest BCUT2D eigenvalue weighted by atomic mass is 10.2. The fraction of sp³-hybridized carbons (Fsp3) is 0.250. The predicted octanol–water partition coefficient (Wildman–Crippen LogP) is 2.43. The summed E-state index contributed by atoms with van der Waals surface area (Å²) in [4.78, 5) is 0.262. The van der Waals surface area contributed by atoms with Gasteiger partial charge in [-0.3, -0.25) is 0 Å². The highest BCUT2D eigenvalue weighted by Crippen LogP contribution is 2.26. The molecule has 1 rings (SSSR count). The molecule has 1 nitrogen and oxygen atoms in total. The van der Waals surface area contributed by atoms with Crippen molar-refractivity contribution in [3.8, 4) is 5.75 Å². The first-order chi connectivity index (χ1) is 5.15. The molecule has 0 aromatic heterocycles. The summed E-state index contributed by atoms with van der Waals surface area (Å²) in [5, 5.41) is 0. The Hall–Kier alpha value is -0.700. The highest BCUT2D eigenvalue weighted by molar-refractivity contribution is 7.80. The highest BCUT2D eigenvalue weighted by Gasteiger charge is 2.05. The van der Waals surface area contributed by atoms with Crippen LogP contribution in [0.2, 0.25) is 0 Å². The van der Waals surface area contributed by atoms with Crippen LogP contribution < -0.4 is 4.74 Å². The number of ether oxygens (including phenoxy) is 1. The van der Waals surface area contributed by atoms with Gasteiger partial charge in [0, 0.05) is 0 Å². The minimum Gasteiger partial charge on any atom is -0.495 e. The third kappa shape index (κ3) is 1.66. The molecule has 0 saturated carbocycles. The smallest absolute Gasteiger partial charge is 0.140 e. The number of benzene rings is 1. The van der Waals surface area contributed by atoms with E-state index in [1.807, 2.05) is 0 Å². The lowest BCUT2D eigenvalue weighted by molar-refractivity contribution is 0.397. The van der Waals surface area contributed by atoms with Crippen LogP contribution in [-0.2, 0) is 0 Å². The Labute approximate surface area is 70.6 Å². The van der Waals surface area contributed by atoms with Crippen LogP contribution in [0.4, 0.5) is 4.39 Å². The summed E-state index contributed by atoms with van der Waals surface area (Å²) >= 11 is 3.94. The van der Waals surface area contributed by atoms with Crippen LogP contribution >= 0.6 is 12.6 Å². The van der Waals surface area contributed by atoms with Gasteiger partial charge in [0.1, 0.15) is 11.6 Å². The fourth-order valence-corrected chi connectivity index (χ4v) is 1.08. The van der Waals surface area contributed by atoms with Gasteiger partial charge in [0.2, 0.25) is 0 Å². The van der Waals surface area contributed by atoms with Gasteiger partial charge >= 0.3 is 0 Å². The standard InChI is InChI=1S/C8H9FOS/c1-5-3-6(9)8(11)7(4-5)10-2/h3-4,11H,1-2H3. The van der Waals surface area contributed by atoms with E-state index < -0.39 is 0 Å². The van der Waals surface area contributed by atoms with E-state index in [-0.39, 0.29) is 10.7 Å². The van der Waals surface area contributed by atoms with Crippen molar-refractivity contribution in [3.05, 3.63) is 23.5 Å². The third-order valence-corrected chi connectivity index (χ3v) is 1.83. The molecule has 0 atom stereocenters. The Bertz CT molecular complexity index is 273. The second-order valence-corrected chi connectivity index (χ2v) is 2.74. The summed E-state index contributed by atoms with van der Waals surface area (Å²) < 4.78 is 17.8. The largest absolute Gasteiger partial charge is 0.495 e. The molecule has 3 heteroatoms. The number of hydrogen-bond donors (Lipinski definition) is 1. The molecule has 0 unspecified atom stereocenters. The quantitative estimate of drug-likeness (QED) is 0.640. The SMILES string of the molecule is COc1cc(C)cc(F)c1S. The Morgan fingerprint density at radius 3 is 2.64 bits per heavy atom. The first kappa shape index (κ1) is 8.40. The van der Waals surface area contributed by atoms with Crippen molar-refractivity contribution >= 4 is 12.6 Å². The zero-order valence-electron chi connectivity index (χ0n) is 6.39. The molecule has 0 aliphatic carbocycles. The molecule has 0 aliphatic rings. The van der Waals surface area contributed by atoms with Gasteiger partial charge in [0.05, 0.1) is 12.0 Å². The molecule has 0 heterocycles. The van der Waals surface area contributed by atoms with Gasteiger partial charge < -0.3 is 4.74 Å². The molecule has 0 N–H and O–H groups in total. The normalized spacial score (nSPS) is 9.82. The van der Waals surface area contributed by atoms with E-state index in [1.54, 1.807) is 13.0 Å². The van der Waals surface area contributed by atoms with Crippen LogP contribution in [0.5, 0.6) is 5.75 Å². The first-order valence-corrected chi connectivity index (χ1v) is 3.63. The van der Waals surface area contributed by atoms with Gasteiger partial charge in [-0.1, -0.05) is 0 Å². The average molecular weight is 172 g/mol. The fourth-order valence-electron chi connectivity index (χ4n) is 0.858. The molecule has 1 aromatic carbocycles. The van der Waals surface area contributed by atoms with Crippen molar-refractivity contribution in [3.63, 3.8) is 0 Å². The predicted molar refractivity (Wildman–Crippen MR) is 44.9 cm³/mol. The summed E-state index contributed by atoms with van der Waals surface area (Å²) in [5.74, 6) is 0.135. The second kappa shape index (κ2) is 3.13. The van der Waals surface area contributed by atoms with Crippen LogP contribution in [0.1, 0.15) is 5.56 Å². The van der Waals surface area contributed by atoms with Gasteiger partial charge in [-0.25, -0.2) is 4.39 Å². The van der Waals surface area contributed by atoms with E-state index in [1.165, 1.54) is 13.2 Å². The number of aryl methyl sites for hydroxylation is 1. The maximum Gasteiger partial charge on any atom is 0.140 e. The Morgan fingerprint density at radius 2 is 2.09 bits per heavy atom. The minimum absolute atomic E-state index is 0.262. The number of thiol groups is 1. The molecule has 60 valence electrons. The van der Waals surface area contributed by atoms with Gasteiger partial charge in [0.25, 0.3) is 0 Å². The molecular weight excluding hydrogens is 163 g/mol. The van der Waals surface area contributed by atoms with E-state index in [0.29, 0.717) is 5.75 Å². The van der Waals surface area contributed by atoms with E-state index >= 15 is 0 Å². The number of hydrogen-bond acceptors (Lipinski definition) is 2. The van der Waals surface area contributed by atoms with Crippen molar-refractivity contribution in [2.24, 2.45) is 0 Å². The summed E-state index contributed by atoms with van der Waals surface area (Å²) in [6, 6.07) is 3.16. The number of methoxy groups -OCH3 is 1. The maximum atomic E-state index is 12.9. The van der Waals surface area contributed by atoms with Gasteiger partial charge in [-0.2, -0.15) is 0 Å². The van der Waals surface area contributed by atoms with E-state index in [9.17, 15) is 4.39 Å². The van der Waals surface area contributed by atoms with Crippen LogP contribution in [-0.4, -0.2) is 7.11 Å². The maximum absolute atomic E-state index is 12.9. The highest BCUT2D eigenvalue weighted by atomic mass is 32.1. The average Bonchev–Trinajstić information content (AvgIpc) is 1.96. The van der Waals surface area contributed by atoms with Crippen molar-refractivity contribution in [2.45, 2.75) is 11.8 Å². The molecule has 0 aliphatic heterocycles. The minimum atomic E-state index is -0.342. The second-order valence-electron chi connectivity index (χ2n) is 2.30. The molecule has 11 heavy (non-hydrogen) atoms. The first-order valence-electron chi connectivity index (χ1n) is 3.18. The van der Waals surface area contributed by atoms with Crippen molar-refractivity contribution in [1.82, 2.24) is 0 Å². The molecule has 0 bridgehead atoms. The Kier molecular flexibility index (Phi) is 2.39. The summed E-state index contributed by atoms with van der Waals surface area (Å²) in [7, 11) is 1.49. The van der Waals surface area contributed by atoms with Crippen LogP contribution in [0.3, 0.4) is 0 Å². The monoisotopic (exact) mass is 172 g/mol. The van der Waals surface area contributed by atoms with Gasteiger partial charge in [-0.15, -0.1) is 12.6 Å². The Balaban J connectivity index is 3.24. The van der Waals surface area contributed by atoms with Crippen LogP contribution in [0, 0.1) is 12.7 Å².